The molecule has 1 amide bonds. The zero-order chi connectivity index (χ0) is 20.4. The number of amides is 1. The number of benzene rings is 2. The molecule has 5 nitrogen and oxygen atoms in total. The lowest BCUT2D eigenvalue weighted by Crippen LogP contribution is -2.44. The second-order valence-electron chi connectivity index (χ2n) is 7.63. The van der Waals surface area contributed by atoms with Gasteiger partial charge in [0.15, 0.2) is 0 Å². The smallest absolute Gasteiger partial charge is 0.274 e. The first-order valence-corrected chi connectivity index (χ1v) is 10.1. The minimum Gasteiger partial charge on any atom is -0.346 e. The van der Waals surface area contributed by atoms with Gasteiger partial charge in [-0.15, -0.1) is 0 Å². The lowest BCUT2D eigenvalue weighted by Gasteiger charge is -2.31. The van der Waals surface area contributed by atoms with E-state index in [4.69, 9.17) is 0 Å². The first-order valence-electron chi connectivity index (χ1n) is 10.1. The van der Waals surface area contributed by atoms with Crippen LogP contribution in [0.25, 0.3) is 10.8 Å². The Labute approximate surface area is 168 Å². The zero-order valence-electron chi connectivity index (χ0n) is 16.5. The van der Waals surface area contributed by atoms with Gasteiger partial charge in [-0.2, -0.15) is 5.10 Å². The summed E-state index contributed by atoms with van der Waals surface area (Å²) < 4.78 is 14.8. The second kappa shape index (κ2) is 7.78. The molecule has 0 radical (unpaired) electrons. The van der Waals surface area contributed by atoms with E-state index in [1.54, 1.807) is 18.2 Å². The first kappa shape index (κ1) is 19.3. The number of fused-ring (bicyclic) bond motifs is 1. The third-order valence-corrected chi connectivity index (χ3v) is 5.80. The summed E-state index contributed by atoms with van der Waals surface area (Å²) in [4.78, 5) is 25.5. The Morgan fingerprint density at radius 2 is 1.76 bits per heavy atom. The molecule has 150 valence electrons. The van der Waals surface area contributed by atoms with Gasteiger partial charge in [0.05, 0.1) is 23.0 Å². The van der Waals surface area contributed by atoms with Gasteiger partial charge in [-0.1, -0.05) is 43.2 Å². The van der Waals surface area contributed by atoms with Gasteiger partial charge in [-0.3, -0.25) is 9.59 Å². The molecule has 1 fully saturated rings. The van der Waals surface area contributed by atoms with Crippen molar-refractivity contribution in [3.05, 3.63) is 76.0 Å². The van der Waals surface area contributed by atoms with Crippen LogP contribution in [0.4, 0.5) is 4.39 Å². The van der Waals surface area contributed by atoms with E-state index in [1.807, 2.05) is 25.1 Å². The van der Waals surface area contributed by atoms with Crippen molar-refractivity contribution in [3.8, 4) is 0 Å². The van der Waals surface area contributed by atoms with Crippen LogP contribution in [0.2, 0.25) is 0 Å². The first-order chi connectivity index (χ1) is 14.0. The number of nitrogens with zero attached hydrogens (tertiary/aromatic N) is 2. The number of nitrogens with one attached hydrogen (secondary N) is 1. The van der Waals surface area contributed by atoms with Crippen LogP contribution in [0.1, 0.15) is 43.9 Å². The molecule has 1 heterocycles. The predicted octanol–water partition coefficient (Wildman–Crippen LogP) is 3.68. The highest BCUT2D eigenvalue weighted by molar-refractivity contribution is 5.88. The van der Waals surface area contributed by atoms with Gasteiger partial charge in [-0.05, 0) is 43.5 Å². The maximum absolute atomic E-state index is 13.4. The monoisotopic (exact) mass is 393 g/mol. The number of carbonyl (C=O) groups is 1. The second-order valence-corrected chi connectivity index (χ2v) is 7.63. The average molecular weight is 393 g/mol. The Hall–Kier alpha value is -3.02. The third-order valence-electron chi connectivity index (χ3n) is 5.80. The molecule has 4 rings (SSSR count). The molecule has 0 saturated heterocycles. The summed E-state index contributed by atoms with van der Waals surface area (Å²) >= 11 is 0. The number of rotatable bonds is 5. The minimum atomic E-state index is -0.472. The molecule has 1 aliphatic carbocycles. The van der Waals surface area contributed by atoms with Crippen LogP contribution in [0.5, 0.6) is 0 Å². The molecule has 0 unspecified atom stereocenters. The molecule has 1 N–H and O–H groups in total. The Morgan fingerprint density at radius 1 is 1.10 bits per heavy atom. The lowest BCUT2D eigenvalue weighted by molar-refractivity contribution is -0.122. The SMILES string of the molecule is CCn1nc(CC(=O)NC2(c3ccc(F)cc3)CCCC2)c2ccccc2c1=O. The maximum atomic E-state index is 13.4. The van der Waals surface area contributed by atoms with Gasteiger partial charge in [0, 0.05) is 11.9 Å². The fraction of sp³-hybridized carbons (Fsp3) is 0.348. The van der Waals surface area contributed by atoms with Crippen LogP contribution in [0.3, 0.4) is 0 Å². The summed E-state index contributed by atoms with van der Waals surface area (Å²) in [6.45, 7) is 2.30. The predicted molar refractivity (Wildman–Crippen MR) is 110 cm³/mol. The molecular weight excluding hydrogens is 369 g/mol. The van der Waals surface area contributed by atoms with Crippen molar-refractivity contribution in [1.82, 2.24) is 15.1 Å². The van der Waals surface area contributed by atoms with E-state index in [-0.39, 0.29) is 23.7 Å². The maximum Gasteiger partial charge on any atom is 0.274 e. The van der Waals surface area contributed by atoms with Crippen LogP contribution in [0, 0.1) is 5.82 Å². The molecule has 2 aromatic carbocycles. The van der Waals surface area contributed by atoms with Crippen LogP contribution < -0.4 is 10.9 Å². The van der Waals surface area contributed by atoms with E-state index in [1.165, 1.54) is 16.8 Å². The van der Waals surface area contributed by atoms with E-state index in [0.717, 1.165) is 31.2 Å². The number of halogens is 1. The van der Waals surface area contributed by atoms with Crippen molar-refractivity contribution in [3.63, 3.8) is 0 Å². The van der Waals surface area contributed by atoms with Gasteiger partial charge in [-0.25, -0.2) is 9.07 Å². The topological polar surface area (TPSA) is 64.0 Å². The molecule has 0 atom stereocenters. The van der Waals surface area contributed by atoms with Crippen molar-refractivity contribution < 1.29 is 9.18 Å². The fourth-order valence-electron chi connectivity index (χ4n) is 4.35. The summed E-state index contributed by atoms with van der Waals surface area (Å²) in [6.07, 6.45) is 3.77. The van der Waals surface area contributed by atoms with Gasteiger partial charge < -0.3 is 5.32 Å². The standard InChI is InChI=1S/C23H24FN3O2/c1-2-27-22(29)19-8-4-3-7-18(19)20(26-27)15-21(28)25-23(13-5-6-14-23)16-9-11-17(24)12-10-16/h3-4,7-12H,2,5-6,13-15H2,1H3,(H,25,28). The highest BCUT2D eigenvalue weighted by atomic mass is 19.1. The lowest BCUT2D eigenvalue weighted by atomic mass is 9.88. The highest BCUT2D eigenvalue weighted by Gasteiger charge is 2.37. The summed E-state index contributed by atoms with van der Waals surface area (Å²) in [5.74, 6) is -0.430. The van der Waals surface area contributed by atoms with Gasteiger partial charge >= 0.3 is 0 Å². The molecule has 1 saturated carbocycles. The molecule has 6 heteroatoms. The van der Waals surface area contributed by atoms with Gasteiger partial charge in [0.25, 0.3) is 5.56 Å². The molecule has 0 bridgehead atoms. The molecule has 1 aromatic heterocycles. The molecule has 0 aliphatic heterocycles. The largest absolute Gasteiger partial charge is 0.346 e. The highest BCUT2D eigenvalue weighted by Crippen LogP contribution is 2.38. The molecule has 3 aromatic rings. The van der Waals surface area contributed by atoms with Crippen LogP contribution in [-0.4, -0.2) is 15.7 Å². The average Bonchev–Trinajstić information content (AvgIpc) is 3.20. The summed E-state index contributed by atoms with van der Waals surface area (Å²) in [5.41, 5.74) is 0.901. The number of hydrogen-bond donors (Lipinski definition) is 1. The van der Waals surface area contributed by atoms with Crippen LogP contribution in [0.15, 0.2) is 53.3 Å². The van der Waals surface area contributed by atoms with Gasteiger partial charge in [0.2, 0.25) is 5.91 Å². The Balaban J connectivity index is 1.65. The normalized spacial score (nSPS) is 15.5. The molecule has 29 heavy (non-hydrogen) atoms. The van der Waals surface area contributed by atoms with Crippen molar-refractivity contribution in [2.75, 3.05) is 0 Å². The van der Waals surface area contributed by atoms with E-state index in [2.05, 4.69) is 10.4 Å². The summed E-state index contributed by atoms with van der Waals surface area (Å²) in [7, 11) is 0. The Bertz CT molecular complexity index is 1100. The zero-order valence-corrected chi connectivity index (χ0v) is 16.5. The van der Waals surface area contributed by atoms with Crippen molar-refractivity contribution >= 4 is 16.7 Å². The minimum absolute atomic E-state index is 0.0870. The fourth-order valence-corrected chi connectivity index (χ4v) is 4.35. The number of aromatic nitrogens is 2. The van der Waals surface area contributed by atoms with Gasteiger partial charge in [0.1, 0.15) is 5.82 Å². The summed E-state index contributed by atoms with van der Waals surface area (Å²) in [6, 6.07) is 13.6. The number of aryl methyl sites for hydroxylation is 1. The van der Waals surface area contributed by atoms with E-state index in [9.17, 15) is 14.0 Å². The summed E-state index contributed by atoms with van der Waals surface area (Å²) in [5, 5.41) is 8.92. The molecule has 0 spiro atoms. The quantitative estimate of drug-likeness (QED) is 0.719. The Morgan fingerprint density at radius 3 is 2.41 bits per heavy atom. The van der Waals surface area contributed by atoms with E-state index < -0.39 is 5.54 Å². The van der Waals surface area contributed by atoms with Crippen LogP contribution in [-0.2, 0) is 23.3 Å². The third kappa shape index (κ3) is 3.67. The number of carbonyl (C=O) groups excluding carboxylic acids is 1. The van der Waals surface area contributed by atoms with Crippen molar-refractivity contribution in [2.24, 2.45) is 0 Å². The molecule has 1 aliphatic rings. The van der Waals surface area contributed by atoms with E-state index in [0.29, 0.717) is 23.0 Å². The van der Waals surface area contributed by atoms with Crippen molar-refractivity contribution in [2.45, 2.75) is 51.1 Å². The van der Waals surface area contributed by atoms with Crippen molar-refractivity contribution in [1.29, 1.82) is 0 Å². The van der Waals surface area contributed by atoms with E-state index >= 15 is 0 Å². The number of hydrogen-bond acceptors (Lipinski definition) is 3. The van der Waals surface area contributed by atoms with Crippen LogP contribution >= 0.6 is 0 Å². The Kier molecular flexibility index (Phi) is 5.18. The molecular formula is C23H24FN3O2.